The Kier molecular flexibility index (Phi) is 4.14. The lowest BCUT2D eigenvalue weighted by molar-refractivity contribution is 0.0301. The summed E-state index contributed by atoms with van der Waals surface area (Å²) in [6.07, 6.45) is 2.88. The lowest BCUT2D eigenvalue weighted by Crippen LogP contribution is -2.53. The van der Waals surface area contributed by atoms with E-state index in [1.54, 1.807) is 12.1 Å². The zero-order chi connectivity index (χ0) is 14.1. The fourth-order valence-electron chi connectivity index (χ4n) is 3.19. The van der Waals surface area contributed by atoms with E-state index in [1.165, 1.54) is 0 Å². The highest BCUT2D eigenvalue weighted by molar-refractivity contribution is 9.10. The number of carbonyl (C=O) groups excluding carboxylic acids is 1. The lowest BCUT2D eigenvalue weighted by Gasteiger charge is -2.38. The number of aliphatic hydroxyl groups is 1. The highest BCUT2D eigenvalue weighted by atomic mass is 79.9. The second-order valence-electron chi connectivity index (χ2n) is 5.50. The Hall–Kier alpha value is -0.850. The molecule has 0 spiro atoms. The molecule has 6 heteroatoms. The predicted octanol–water partition coefficient (Wildman–Crippen LogP) is 1.71. The molecule has 1 aromatic heterocycles. The maximum atomic E-state index is 12.2. The quantitative estimate of drug-likeness (QED) is 0.888. The molecule has 1 amide bonds. The Morgan fingerprint density at radius 1 is 1.25 bits per heavy atom. The third-order valence-corrected chi connectivity index (χ3v) is 4.72. The van der Waals surface area contributed by atoms with Crippen LogP contribution in [0.1, 0.15) is 29.8 Å². The number of nitrogens with zero attached hydrogens (tertiary/aromatic N) is 2. The van der Waals surface area contributed by atoms with Gasteiger partial charge >= 0.3 is 0 Å². The van der Waals surface area contributed by atoms with Crippen LogP contribution in [0.4, 0.5) is 0 Å². The standard InChI is InChI=1S/C14H19BrN2O3/c15-13-5-4-12(20-13)14(19)17-8-6-16(7-9-17)10-2-1-3-11(10)18/h4-5,10-11,18H,1-3,6-9H2/t10-,11+/m0/s1. The van der Waals surface area contributed by atoms with E-state index >= 15 is 0 Å². The summed E-state index contributed by atoms with van der Waals surface area (Å²) < 4.78 is 5.89. The van der Waals surface area contributed by atoms with Crippen molar-refractivity contribution in [3.05, 3.63) is 22.6 Å². The fourth-order valence-corrected chi connectivity index (χ4v) is 3.50. The van der Waals surface area contributed by atoms with Crippen LogP contribution >= 0.6 is 15.9 Å². The maximum absolute atomic E-state index is 12.2. The second-order valence-corrected chi connectivity index (χ2v) is 6.28. The van der Waals surface area contributed by atoms with E-state index in [0.29, 0.717) is 23.5 Å². The molecule has 20 heavy (non-hydrogen) atoms. The van der Waals surface area contributed by atoms with Crippen molar-refractivity contribution in [2.24, 2.45) is 0 Å². The van der Waals surface area contributed by atoms with Crippen molar-refractivity contribution in [3.63, 3.8) is 0 Å². The molecular formula is C14H19BrN2O3. The first-order valence-corrected chi connectivity index (χ1v) is 7.91. The van der Waals surface area contributed by atoms with Crippen molar-refractivity contribution in [3.8, 4) is 0 Å². The molecule has 0 bridgehead atoms. The number of hydrogen-bond acceptors (Lipinski definition) is 4. The van der Waals surface area contributed by atoms with Crippen molar-refractivity contribution in [1.29, 1.82) is 0 Å². The van der Waals surface area contributed by atoms with Gasteiger partial charge in [-0.1, -0.05) is 0 Å². The zero-order valence-corrected chi connectivity index (χ0v) is 12.9. The van der Waals surface area contributed by atoms with E-state index in [-0.39, 0.29) is 18.1 Å². The molecule has 2 heterocycles. The number of aliphatic hydroxyl groups excluding tert-OH is 1. The SMILES string of the molecule is O=C(c1ccc(Br)o1)N1CCN([C@H]2CCC[C@H]2O)CC1. The zero-order valence-electron chi connectivity index (χ0n) is 11.3. The van der Waals surface area contributed by atoms with Crippen LogP contribution in [0.25, 0.3) is 0 Å². The molecule has 110 valence electrons. The Bertz CT molecular complexity index is 483. The van der Waals surface area contributed by atoms with Crippen molar-refractivity contribution in [1.82, 2.24) is 9.80 Å². The van der Waals surface area contributed by atoms with Gasteiger partial charge in [-0.25, -0.2) is 0 Å². The number of halogens is 1. The van der Waals surface area contributed by atoms with Crippen LogP contribution in [-0.2, 0) is 0 Å². The Morgan fingerprint density at radius 3 is 2.55 bits per heavy atom. The van der Waals surface area contributed by atoms with Crippen LogP contribution in [0, 0.1) is 0 Å². The molecule has 0 radical (unpaired) electrons. The van der Waals surface area contributed by atoms with Crippen LogP contribution < -0.4 is 0 Å². The third kappa shape index (κ3) is 2.77. The first kappa shape index (κ1) is 14.1. The number of piperazine rings is 1. The largest absolute Gasteiger partial charge is 0.444 e. The van der Waals surface area contributed by atoms with Gasteiger partial charge in [0.1, 0.15) is 0 Å². The van der Waals surface area contributed by atoms with Crippen molar-refractivity contribution < 1.29 is 14.3 Å². The molecule has 1 aliphatic heterocycles. The van der Waals surface area contributed by atoms with Crippen molar-refractivity contribution in [2.75, 3.05) is 26.2 Å². The summed E-state index contributed by atoms with van der Waals surface area (Å²) >= 11 is 3.21. The van der Waals surface area contributed by atoms with Gasteiger partial charge in [0, 0.05) is 32.2 Å². The highest BCUT2D eigenvalue weighted by Gasteiger charge is 2.33. The maximum Gasteiger partial charge on any atom is 0.289 e. The molecule has 3 rings (SSSR count). The fraction of sp³-hybridized carbons (Fsp3) is 0.643. The van der Waals surface area contributed by atoms with Crippen LogP contribution in [0.5, 0.6) is 0 Å². The lowest BCUT2D eigenvalue weighted by atomic mass is 10.1. The summed E-state index contributed by atoms with van der Waals surface area (Å²) in [6, 6.07) is 3.71. The van der Waals surface area contributed by atoms with E-state index in [2.05, 4.69) is 20.8 Å². The van der Waals surface area contributed by atoms with Gasteiger partial charge in [-0.05, 0) is 47.3 Å². The molecule has 0 aromatic carbocycles. The summed E-state index contributed by atoms with van der Waals surface area (Å²) in [5.41, 5.74) is 0. The summed E-state index contributed by atoms with van der Waals surface area (Å²) in [4.78, 5) is 16.4. The van der Waals surface area contributed by atoms with Crippen LogP contribution in [0.3, 0.4) is 0 Å². The molecule has 5 nitrogen and oxygen atoms in total. The van der Waals surface area contributed by atoms with Gasteiger partial charge in [0.2, 0.25) is 0 Å². The number of furan rings is 1. The Labute approximate surface area is 126 Å². The van der Waals surface area contributed by atoms with Gasteiger partial charge in [0.25, 0.3) is 5.91 Å². The average molecular weight is 343 g/mol. The molecular weight excluding hydrogens is 324 g/mol. The average Bonchev–Trinajstić information content (AvgIpc) is 3.07. The predicted molar refractivity (Wildman–Crippen MR) is 77.5 cm³/mol. The highest BCUT2D eigenvalue weighted by Crippen LogP contribution is 2.25. The molecule has 2 aliphatic rings. The minimum absolute atomic E-state index is 0.0534. The Balaban J connectivity index is 1.57. The normalized spacial score (nSPS) is 28.0. The third-order valence-electron chi connectivity index (χ3n) is 4.30. The van der Waals surface area contributed by atoms with Gasteiger partial charge < -0.3 is 14.4 Å². The van der Waals surface area contributed by atoms with Gasteiger partial charge in [-0.3, -0.25) is 9.69 Å². The smallest absolute Gasteiger partial charge is 0.289 e. The number of amides is 1. The molecule has 1 saturated heterocycles. The number of carbonyl (C=O) groups is 1. The molecule has 1 aromatic rings. The van der Waals surface area contributed by atoms with Crippen LogP contribution in [-0.4, -0.2) is 59.1 Å². The second kappa shape index (κ2) is 5.87. The van der Waals surface area contributed by atoms with Crippen molar-refractivity contribution in [2.45, 2.75) is 31.4 Å². The topological polar surface area (TPSA) is 56.9 Å². The van der Waals surface area contributed by atoms with E-state index in [9.17, 15) is 9.90 Å². The van der Waals surface area contributed by atoms with Gasteiger partial charge in [-0.15, -0.1) is 0 Å². The van der Waals surface area contributed by atoms with E-state index < -0.39 is 0 Å². The Morgan fingerprint density at radius 2 is 2.00 bits per heavy atom. The van der Waals surface area contributed by atoms with Crippen LogP contribution in [0.15, 0.2) is 21.2 Å². The molecule has 1 aliphatic carbocycles. The van der Waals surface area contributed by atoms with E-state index in [4.69, 9.17) is 4.42 Å². The molecule has 0 unspecified atom stereocenters. The molecule has 1 N–H and O–H groups in total. The van der Waals surface area contributed by atoms with Crippen molar-refractivity contribution >= 4 is 21.8 Å². The minimum Gasteiger partial charge on any atom is -0.444 e. The molecule has 2 atom stereocenters. The molecule has 2 fully saturated rings. The summed E-state index contributed by atoms with van der Waals surface area (Å²) in [5.74, 6) is 0.327. The van der Waals surface area contributed by atoms with Gasteiger partial charge in [0.05, 0.1) is 6.10 Å². The first-order chi connectivity index (χ1) is 9.65. The van der Waals surface area contributed by atoms with Gasteiger partial charge in [0.15, 0.2) is 10.4 Å². The minimum atomic E-state index is -0.196. The summed E-state index contributed by atoms with van der Waals surface area (Å²) in [6.45, 7) is 3.05. The van der Waals surface area contributed by atoms with Gasteiger partial charge in [-0.2, -0.15) is 0 Å². The summed E-state index contributed by atoms with van der Waals surface area (Å²) in [5, 5.41) is 9.95. The van der Waals surface area contributed by atoms with Crippen LogP contribution in [0.2, 0.25) is 0 Å². The number of hydrogen-bond donors (Lipinski definition) is 1. The van der Waals surface area contributed by atoms with E-state index in [0.717, 1.165) is 32.4 Å². The monoisotopic (exact) mass is 342 g/mol. The summed E-state index contributed by atoms with van der Waals surface area (Å²) in [7, 11) is 0. The number of rotatable bonds is 2. The molecule has 1 saturated carbocycles. The van der Waals surface area contributed by atoms with E-state index in [1.807, 2.05) is 4.90 Å². The first-order valence-electron chi connectivity index (χ1n) is 7.12.